The molecule has 1 atom stereocenters. The predicted octanol–water partition coefficient (Wildman–Crippen LogP) is 4.40. The van der Waals surface area contributed by atoms with E-state index < -0.39 is 0 Å². The van der Waals surface area contributed by atoms with E-state index in [9.17, 15) is 9.59 Å². The quantitative estimate of drug-likeness (QED) is 0.566. The number of nitriles is 1. The van der Waals surface area contributed by atoms with E-state index in [2.05, 4.69) is 16.7 Å². The van der Waals surface area contributed by atoms with Crippen molar-refractivity contribution in [3.05, 3.63) is 82.0 Å². The van der Waals surface area contributed by atoms with Gasteiger partial charge in [0.1, 0.15) is 12.4 Å². The molecule has 7 heteroatoms. The van der Waals surface area contributed by atoms with Gasteiger partial charge >= 0.3 is 0 Å². The van der Waals surface area contributed by atoms with Gasteiger partial charge in [-0.1, -0.05) is 24.3 Å². The van der Waals surface area contributed by atoms with Gasteiger partial charge in [0.25, 0.3) is 0 Å². The van der Waals surface area contributed by atoms with Crippen LogP contribution >= 0.6 is 11.3 Å². The molecule has 152 valence electrons. The van der Waals surface area contributed by atoms with Crippen molar-refractivity contribution in [2.45, 2.75) is 26.0 Å². The molecule has 3 aromatic rings. The number of carbonyl (C=O) groups is 2. The zero-order valence-electron chi connectivity index (χ0n) is 16.4. The molecule has 30 heavy (non-hydrogen) atoms. The van der Waals surface area contributed by atoms with E-state index in [0.29, 0.717) is 23.6 Å². The molecule has 1 aromatic heterocycles. The van der Waals surface area contributed by atoms with E-state index in [4.69, 9.17) is 10.00 Å². The van der Waals surface area contributed by atoms with E-state index in [1.54, 1.807) is 36.4 Å². The molecule has 0 saturated carbocycles. The minimum absolute atomic E-state index is 0.131. The second kappa shape index (κ2) is 10.2. The van der Waals surface area contributed by atoms with Gasteiger partial charge < -0.3 is 15.4 Å². The molecule has 0 aliphatic carbocycles. The first-order valence-corrected chi connectivity index (χ1v) is 10.2. The first-order valence-electron chi connectivity index (χ1n) is 9.36. The maximum absolute atomic E-state index is 12.5. The maximum Gasteiger partial charge on any atom is 0.226 e. The number of nitrogens with zero attached hydrogens (tertiary/aromatic N) is 1. The van der Waals surface area contributed by atoms with Crippen LogP contribution in [0.1, 0.15) is 35.4 Å². The lowest BCUT2D eigenvalue weighted by atomic mass is 10.1. The second-order valence-electron chi connectivity index (χ2n) is 6.65. The fraction of sp³-hybridized carbons (Fsp3) is 0.174. The van der Waals surface area contributed by atoms with Crippen molar-refractivity contribution in [3.63, 3.8) is 0 Å². The molecule has 1 heterocycles. The third-order valence-corrected chi connectivity index (χ3v) is 5.22. The molecule has 2 N–H and O–H groups in total. The molecular weight excluding hydrogens is 398 g/mol. The molecule has 0 aliphatic heterocycles. The van der Waals surface area contributed by atoms with Gasteiger partial charge in [-0.2, -0.15) is 5.26 Å². The number of nitrogens with one attached hydrogen (secondary N) is 2. The van der Waals surface area contributed by atoms with Gasteiger partial charge in [0.05, 0.1) is 24.1 Å². The Morgan fingerprint density at radius 1 is 1.13 bits per heavy atom. The van der Waals surface area contributed by atoms with Crippen molar-refractivity contribution in [1.82, 2.24) is 5.32 Å². The number of thiophene rings is 1. The molecule has 1 unspecified atom stereocenters. The van der Waals surface area contributed by atoms with Crippen LogP contribution in [-0.2, 0) is 16.2 Å². The standard InChI is InChI=1S/C23H21N3O3S/c1-16(27)25-21(22-9-4-10-30-22)13-23(28)26-19-7-3-8-20(12-19)29-15-18-6-2-5-17(11-18)14-24/h2-12,21H,13,15H2,1H3,(H,25,27)(H,26,28). The highest BCUT2D eigenvalue weighted by Gasteiger charge is 2.18. The average Bonchev–Trinajstić information content (AvgIpc) is 3.27. The molecule has 0 bridgehead atoms. The Morgan fingerprint density at radius 3 is 2.70 bits per heavy atom. The highest BCUT2D eigenvalue weighted by atomic mass is 32.1. The third-order valence-electron chi connectivity index (χ3n) is 4.23. The first-order chi connectivity index (χ1) is 14.5. The number of rotatable bonds is 8. The Labute approximate surface area is 179 Å². The first kappa shape index (κ1) is 21.1. The van der Waals surface area contributed by atoms with Crippen molar-refractivity contribution in [3.8, 4) is 11.8 Å². The largest absolute Gasteiger partial charge is 0.489 e. The number of anilines is 1. The summed E-state index contributed by atoms with van der Waals surface area (Å²) in [6, 6.07) is 19.9. The van der Waals surface area contributed by atoms with Crippen molar-refractivity contribution < 1.29 is 14.3 Å². The Morgan fingerprint density at radius 2 is 1.97 bits per heavy atom. The minimum atomic E-state index is -0.366. The summed E-state index contributed by atoms with van der Waals surface area (Å²) >= 11 is 1.50. The van der Waals surface area contributed by atoms with Gasteiger partial charge in [-0.3, -0.25) is 9.59 Å². The van der Waals surface area contributed by atoms with Crippen LogP contribution in [0.2, 0.25) is 0 Å². The fourth-order valence-electron chi connectivity index (χ4n) is 2.92. The molecule has 6 nitrogen and oxygen atoms in total. The van der Waals surface area contributed by atoms with Crippen LogP contribution in [0, 0.1) is 11.3 Å². The summed E-state index contributed by atoms with van der Waals surface area (Å²) in [4.78, 5) is 24.9. The SMILES string of the molecule is CC(=O)NC(CC(=O)Nc1cccc(OCc2cccc(C#N)c2)c1)c1cccs1. The van der Waals surface area contributed by atoms with Crippen LogP contribution in [0.3, 0.4) is 0 Å². The van der Waals surface area contributed by atoms with Gasteiger partial charge in [0.2, 0.25) is 11.8 Å². The Bertz CT molecular complexity index is 1060. The minimum Gasteiger partial charge on any atom is -0.489 e. The summed E-state index contributed by atoms with van der Waals surface area (Å²) in [5.74, 6) is 0.213. The fourth-order valence-corrected chi connectivity index (χ4v) is 3.69. The zero-order chi connectivity index (χ0) is 21.3. The van der Waals surface area contributed by atoms with Crippen LogP contribution in [-0.4, -0.2) is 11.8 Å². The van der Waals surface area contributed by atoms with E-state index in [-0.39, 0.29) is 24.3 Å². The Kier molecular flexibility index (Phi) is 7.19. The van der Waals surface area contributed by atoms with E-state index >= 15 is 0 Å². The summed E-state index contributed by atoms with van der Waals surface area (Å²) in [5.41, 5.74) is 2.07. The second-order valence-corrected chi connectivity index (χ2v) is 7.63. The van der Waals surface area contributed by atoms with E-state index in [1.165, 1.54) is 18.3 Å². The number of benzene rings is 2. The summed E-state index contributed by atoms with van der Waals surface area (Å²) in [5, 5.41) is 16.6. The highest BCUT2D eigenvalue weighted by molar-refractivity contribution is 7.10. The van der Waals surface area contributed by atoms with Gasteiger partial charge in [-0.05, 0) is 41.3 Å². The third kappa shape index (κ3) is 6.19. The number of hydrogen-bond donors (Lipinski definition) is 2. The summed E-state index contributed by atoms with van der Waals surface area (Å²) in [7, 11) is 0. The molecule has 0 fully saturated rings. The highest BCUT2D eigenvalue weighted by Crippen LogP contribution is 2.24. The number of ether oxygens (including phenoxy) is 1. The number of amides is 2. The smallest absolute Gasteiger partial charge is 0.226 e. The van der Waals surface area contributed by atoms with Gasteiger partial charge in [-0.25, -0.2) is 0 Å². The molecule has 0 saturated heterocycles. The van der Waals surface area contributed by atoms with Crippen LogP contribution < -0.4 is 15.4 Å². The van der Waals surface area contributed by atoms with E-state index in [0.717, 1.165) is 10.4 Å². The van der Waals surface area contributed by atoms with Crippen LogP contribution in [0.25, 0.3) is 0 Å². The molecule has 2 aromatic carbocycles. The molecule has 3 rings (SSSR count). The molecule has 0 aliphatic rings. The van der Waals surface area contributed by atoms with Crippen LogP contribution in [0.5, 0.6) is 5.75 Å². The lowest BCUT2D eigenvalue weighted by Crippen LogP contribution is -2.29. The van der Waals surface area contributed by atoms with Crippen LogP contribution in [0.4, 0.5) is 5.69 Å². The average molecular weight is 420 g/mol. The summed E-state index contributed by atoms with van der Waals surface area (Å²) < 4.78 is 5.79. The monoisotopic (exact) mass is 419 g/mol. The van der Waals surface area contributed by atoms with Gasteiger partial charge in [-0.15, -0.1) is 11.3 Å². The number of hydrogen-bond acceptors (Lipinski definition) is 5. The normalized spacial score (nSPS) is 11.2. The summed E-state index contributed by atoms with van der Waals surface area (Å²) in [6.45, 7) is 1.75. The van der Waals surface area contributed by atoms with Crippen molar-refractivity contribution in [1.29, 1.82) is 5.26 Å². The van der Waals surface area contributed by atoms with Gasteiger partial charge in [0.15, 0.2) is 0 Å². The number of carbonyl (C=O) groups excluding carboxylic acids is 2. The lowest BCUT2D eigenvalue weighted by molar-refractivity contribution is -0.120. The van der Waals surface area contributed by atoms with Crippen molar-refractivity contribution >= 4 is 28.8 Å². The topological polar surface area (TPSA) is 91.2 Å². The lowest BCUT2D eigenvalue weighted by Gasteiger charge is -2.16. The maximum atomic E-state index is 12.5. The molecular formula is C23H21N3O3S. The molecule has 0 spiro atoms. The summed E-state index contributed by atoms with van der Waals surface area (Å²) in [6.07, 6.45) is 0.131. The molecule has 2 amide bonds. The molecule has 0 radical (unpaired) electrons. The van der Waals surface area contributed by atoms with Gasteiger partial charge in [0, 0.05) is 23.6 Å². The van der Waals surface area contributed by atoms with Crippen LogP contribution in [0.15, 0.2) is 66.0 Å². The Hall–Kier alpha value is -3.63. The van der Waals surface area contributed by atoms with Crippen molar-refractivity contribution in [2.75, 3.05) is 5.32 Å². The predicted molar refractivity (Wildman–Crippen MR) is 116 cm³/mol. The van der Waals surface area contributed by atoms with Crippen molar-refractivity contribution in [2.24, 2.45) is 0 Å². The Balaban J connectivity index is 1.60. The zero-order valence-corrected chi connectivity index (χ0v) is 17.2. The van der Waals surface area contributed by atoms with E-state index in [1.807, 2.05) is 29.6 Å².